The summed E-state index contributed by atoms with van der Waals surface area (Å²) in [5.41, 5.74) is 1.96. The third-order valence-corrected chi connectivity index (χ3v) is 2.05. The fraction of sp³-hybridized carbons (Fsp3) is 0.545. The van der Waals surface area contributed by atoms with Crippen molar-refractivity contribution in [3.8, 4) is 0 Å². The summed E-state index contributed by atoms with van der Waals surface area (Å²) in [7, 11) is 0. The Morgan fingerprint density at radius 2 is 2.29 bits per heavy atom. The Morgan fingerprint density at radius 1 is 1.50 bits per heavy atom. The molecule has 0 fully saturated rings. The van der Waals surface area contributed by atoms with Crippen molar-refractivity contribution in [3.63, 3.8) is 0 Å². The third kappa shape index (κ3) is 3.44. The molecule has 1 aromatic heterocycles. The van der Waals surface area contributed by atoms with Gasteiger partial charge in [-0.15, -0.1) is 0 Å². The second-order valence-electron chi connectivity index (χ2n) is 3.52. The van der Waals surface area contributed by atoms with Gasteiger partial charge < -0.3 is 10.4 Å². The molecule has 1 unspecified atom stereocenters. The Labute approximate surface area is 85.2 Å². The molecule has 3 heteroatoms. The molecule has 0 aliphatic rings. The van der Waals surface area contributed by atoms with Crippen LogP contribution in [0.4, 0.5) is 0 Å². The molecular weight excluding hydrogens is 176 g/mol. The topological polar surface area (TPSA) is 45.1 Å². The summed E-state index contributed by atoms with van der Waals surface area (Å²) < 4.78 is 0. The molecule has 78 valence electrons. The lowest BCUT2D eigenvalue weighted by Crippen LogP contribution is -2.22. The first-order valence-corrected chi connectivity index (χ1v) is 5.04. The van der Waals surface area contributed by atoms with Crippen molar-refractivity contribution in [2.75, 3.05) is 13.1 Å². The number of aryl methyl sites for hydroxylation is 1. The van der Waals surface area contributed by atoms with Crippen molar-refractivity contribution in [1.29, 1.82) is 0 Å². The Bertz CT molecular complexity index is 276. The molecule has 0 saturated heterocycles. The monoisotopic (exact) mass is 194 g/mol. The van der Waals surface area contributed by atoms with Crippen molar-refractivity contribution in [1.82, 2.24) is 10.3 Å². The van der Waals surface area contributed by atoms with E-state index in [-0.39, 0.29) is 0 Å². The molecule has 0 spiro atoms. The van der Waals surface area contributed by atoms with E-state index in [9.17, 15) is 5.11 Å². The van der Waals surface area contributed by atoms with E-state index >= 15 is 0 Å². The number of aromatic nitrogens is 1. The van der Waals surface area contributed by atoms with E-state index in [1.807, 2.05) is 13.0 Å². The highest BCUT2D eigenvalue weighted by molar-refractivity contribution is 5.18. The first kappa shape index (κ1) is 11.1. The van der Waals surface area contributed by atoms with Crippen LogP contribution in [0.1, 0.15) is 30.6 Å². The molecule has 0 aliphatic heterocycles. The first-order chi connectivity index (χ1) is 6.74. The van der Waals surface area contributed by atoms with Crippen LogP contribution in [-0.4, -0.2) is 23.2 Å². The summed E-state index contributed by atoms with van der Waals surface area (Å²) in [6.07, 6.45) is 4.13. The lowest BCUT2D eigenvalue weighted by Gasteiger charge is -2.11. The minimum atomic E-state index is -0.450. The predicted octanol–water partition coefficient (Wildman–Crippen LogP) is 1.42. The number of nitrogens with one attached hydrogen (secondary N) is 1. The third-order valence-electron chi connectivity index (χ3n) is 2.05. The van der Waals surface area contributed by atoms with Crippen LogP contribution in [0.2, 0.25) is 0 Å². The van der Waals surface area contributed by atoms with Gasteiger partial charge >= 0.3 is 0 Å². The zero-order valence-corrected chi connectivity index (χ0v) is 8.83. The zero-order chi connectivity index (χ0) is 10.4. The molecule has 0 amide bonds. The standard InChI is InChI=1S/C11H18N2O/c1-3-4-12-8-11(14)10-5-9(2)6-13-7-10/h5-7,11-12,14H,3-4,8H2,1-2H3. The van der Waals surface area contributed by atoms with Gasteiger partial charge in [-0.3, -0.25) is 4.98 Å². The van der Waals surface area contributed by atoms with E-state index < -0.39 is 6.10 Å². The van der Waals surface area contributed by atoms with Crippen molar-refractivity contribution < 1.29 is 5.11 Å². The van der Waals surface area contributed by atoms with Crippen LogP contribution in [0.3, 0.4) is 0 Å². The molecule has 14 heavy (non-hydrogen) atoms. The van der Waals surface area contributed by atoms with Crippen LogP contribution in [0.15, 0.2) is 18.5 Å². The highest BCUT2D eigenvalue weighted by Crippen LogP contribution is 2.11. The zero-order valence-electron chi connectivity index (χ0n) is 8.83. The van der Waals surface area contributed by atoms with E-state index in [1.165, 1.54) is 0 Å². The predicted molar refractivity (Wildman–Crippen MR) is 57.1 cm³/mol. The molecule has 0 bridgehead atoms. The number of pyridine rings is 1. The maximum Gasteiger partial charge on any atom is 0.0929 e. The van der Waals surface area contributed by atoms with Gasteiger partial charge in [0.2, 0.25) is 0 Å². The van der Waals surface area contributed by atoms with E-state index in [0.29, 0.717) is 6.54 Å². The molecule has 0 aromatic carbocycles. The maximum atomic E-state index is 9.77. The second kappa shape index (κ2) is 5.73. The lowest BCUT2D eigenvalue weighted by molar-refractivity contribution is 0.174. The van der Waals surface area contributed by atoms with Crippen LogP contribution in [0, 0.1) is 6.92 Å². The summed E-state index contributed by atoms with van der Waals surface area (Å²) >= 11 is 0. The molecule has 0 radical (unpaired) electrons. The summed E-state index contributed by atoms with van der Waals surface area (Å²) in [5, 5.41) is 12.9. The van der Waals surface area contributed by atoms with Crippen LogP contribution in [-0.2, 0) is 0 Å². The number of aliphatic hydroxyl groups is 1. The maximum absolute atomic E-state index is 9.77. The molecular formula is C11H18N2O. The summed E-state index contributed by atoms with van der Waals surface area (Å²) in [5.74, 6) is 0. The molecule has 1 heterocycles. The van der Waals surface area contributed by atoms with E-state index in [4.69, 9.17) is 0 Å². The molecule has 2 N–H and O–H groups in total. The minimum absolute atomic E-state index is 0.450. The van der Waals surface area contributed by atoms with Crippen LogP contribution in [0.25, 0.3) is 0 Å². The van der Waals surface area contributed by atoms with Gasteiger partial charge in [-0.1, -0.05) is 13.0 Å². The Morgan fingerprint density at radius 3 is 2.93 bits per heavy atom. The van der Waals surface area contributed by atoms with Gasteiger partial charge in [0.15, 0.2) is 0 Å². The van der Waals surface area contributed by atoms with Gasteiger partial charge in [-0.25, -0.2) is 0 Å². The van der Waals surface area contributed by atoms with Gasteiger partial charge in [0.1, 0.15) is 0 Å². The average molecular weight is 194 g/mol. The van der Waals surface area contributed by atoms with Gasteiger partial charge in [0.05, 0.1) is 6.10 Å². The van der Waals surface area contributed by atoms with Gasteiger partial charge in [-0.05, 0) is 25.5 Å². The molecule has 0 aliphatic carbocycles. The van der Waals surface area contributed by atoms with Crippen molar-refractivity contribution in [3.05, 3.63) is 29.6 Å². The SMILES string of the molecule is CCCNCC(O)c1cncc(C)c1. The Kier molecular flexibility index (Phi) is 4.56. The quantitative estimate of drug-likeness (QED) is 0.697. The minimum Gasteiger partial charge on any atom is -0.387 e. The molecule has 1 rings (SSSR count). The molecule has 1 atom stereocenters. The van der Waals surface area contributed by atoms with Crippen LogP contribution >= 0.6 is 0 Å². The summed E-state index contributed by atoms with van der Waals surface area (Å²) in [6, 6.07) is 1.96. The van der Waals surface area contributed by atoms with Gasteiger partial charge in [0.25, 0.3) is 0 Å². The normalized spacial score (nSPS) is 12.8. The first-order valence-electron chi connectivity index (χ1n) is 5.04. The average Bonchev–Trinajstić information content (AvgIpc) is 2.18. The number of rotatable bonds is 5. The lowest BCUT2D eigenvalue weighted by atomic mass is 10.1. The van der Waals surface area contributed by atoms with E-state index in [2.05, 4.69) is 17.2 Å². The summed E-state index contributed by atoms with van der Waals surface area (Å²) in [6.45, 7) is 5.62. The highest BCUT2D eigenvalue weighted by atomic mass is 16.3. The van der Waals surface area contributed by atoms with Crippen molar-refractivity contribution in [2.24, 2.45) is 0 Å². The number of aliphatic hydroxyl groups excluding tert-OH is 1. The van der Waals surface area contributed by atoms with E-state index in [0.717, 1.165) is 24.1 Å². The second-order valence-corrected chi connectivity index (χ2v) is 3.52. The van der Waals surface area contributed by atoms with Crippen LogP contribution < -0.4 is 5.32 Å². The van der Waals surface area contributed by atoms with Crippen molar-refractivity contribution >= 4 is 0 Å². The molecule has 3 nitrogen and oxygen atoms in total. The number of hydrogen-bond donors (Lipinski definition) is 2. The molecule has 0 saturated carbocycles. The van der Waals surface area contributed by atoms with Crippen molar-refractivity contribution in [2.45, 2.75) is 26.4 Å². The van der Waals surface area contributed by atoms with E-state index in [1.54, 1.807) is 12.4 Å². The van der Waals surface area contributed by atoms with Crippen LogP contribution in [0.5, 0.6) is 0 Å². The highest BCUT2D eigenvalue weighted by Gasteiger charge is 2.06. The largest absolute Gasteiger partial charge is 0.387 e. The number of nitrogens with zero attached hydrogens (tertiary/aromatic N) is 1. The molecule has 1 aromatic rings. The van der Waals surface area contributed by atoms with Gasteiger partial charge in [0, 0.05) is 24.5 Å². The Balaban J connectivity index is 2.47. The number of hydrogen-bond acceptors (Lipinski definition) is 3. The fourth-order valence-corrected chi connectivity index (χ4v) is 1.29. The van der Waals surface area contributed by atoms with Gasteiger partial charge in [-0.2, -0.15) is 0 Å². The Hall–Kier alpha value is -0.930. The summed E-state index contributed by atoms with van der Waals surface area (Å²) in [4.78, 5) is 4.05. The smallest absolute Gasteiger partial charge is 0.0929 e. The fourth-order valence-electron chi connectivity index (χ4n) is 1.29.